The molecule has 2 amide bonds. The molecule has 1 saturated carbocycles. The van der Waals surface area contributed by atoms with E-state index in [1.54, 1.807) is 38.4 Å². The number of carbonyl (C=O) groups is 2. The molecule has 2 aromatic heterocycles. The van der Waals surface area contributed by atoms with Crippen molar-refractivity contribution in [3.05, 3.63) is 66.0 Å². The second-order valence-electron chi connectivity index (χ2n) is 9.13. The van der Waals surface area contributed by atoms with Crippen molar-refractivity contribution < 1.29 is 22.8 Å². The minimum atomic E-state index is -2.76. The minimum Gasteiger partial charge on any atom is -0.353 e. The van der Waals surface area contributed by atoms with E-state index in [2.05, 4.69) is 26.0 Å². The monoisotopic (exact) mass is 500 g/mol. The van der Waals surface area contributed by atoms with Crippen molar-refractivity contribution >= 4 is 28.9 Å². The van der Waals surface area contributed by atoms with Crippen molar-refractivity contribution in [2.24, 2.45) is 13.0 Å². The zero-order chi connectivity index (χ0) is 25.9. The first-order valence-electron chi connectivity index (χ1n) is 11.6. The van der Waals surface area contributed by atoms with Gasteiger partial charge < -0.3 is 16.0 Å². The molecule has 0 radical (unpaired) electrons. The highest BCUT2D eigenvalue weighted by molar-refractivity contribution is 6.01. The minimum absolute atomic E-state index is 0.0763. The number of pyridine rings is 1. The number of nitrogens with one attached hydrogen (secondary N) is 3. The van der Waals surface area contributed by atoms with E-state index < -0.39 is 35.5 Å². The average Bonchev–Trinajstić information content (AvgIpc) is 3.39. The summed E-state index contributed by atoms with van der Waals surface area (Å²) in [4.78, 5) is 30.0. The predicted octanol–water partition coefficient (Wildman–Crippen LogP) is 4.57. The molecular formula is C25H27F3N6O2. The molecule has 0 aliphatic heterocycles. The first-order valence-corrected chi connectivity index (χ1v) is 11.6. The number of nitrogens with zero attached hydrogens (tertiary/aromatic N) is 3. The molecule has 0 bridgehead atoms. The molecule has 11 heteroatoms. The quantitative estimate of drug-likeness (QED) is 0.421. The molecule has 0 spiro atoms. The van der Waals surface area contributed by atoms with Crippen LogP contribution in [0.2, 0.25) is 0 Å². The number of rotatable bonds is 8. The summed E-state index contributed by atoms with van der Waals surface area (Å²) in [6.07, 6.45) is 3.94. The number of aromatic nitrogens is 3. The normalized spacial score (nSPS) is 17.4. The third-order valence-electron chi connectivity index (χ3n) is 6.06. The van der Waals surface area contributed by atoms with Crippen LogP contribution in [0.4, 0.5) is 30.2 Å². The van der Waals surface area contributed by atoms with E-state index in [1.165, 1.54) is 23.0 Å². The number of amides is 2. The summed E-state index contributed by atoms with van der Waals surface area (Å²) in [6.45, 7) is 1.73. The summed E-state index contributed by atoms with van der Waals surface area (Å²) < 4.78 is 43.1. The third-order valence-corrected chi connectivity index (χ3v) is 6.06. The summed E-state index contributed by atoms with van der Waals surface area (Å²) in [5.74, 6) is -4.79. The Labute approximate surface area is 206 Å². The van der Waals surface area contributed by atoms with Gasteiger partial charge in [-0.25, -0.2) is 13.2 Å². The van der Waals surface area contributed by atoms with E-state index in [0.717, 1.165) is 6.20 Å². The summed E-state index contributed by atoms with van der Waals surface area (Å²) in [5, 5.41) is 12.3. The van der Waals surface area contributed by atoms with Crippen LogP contribution in [0.15, 0.2) is 48.9 Å². The van der Waals surface area contributed by atoms with E-state index in [9.17, 15) is 22.8 Å². The Morgan fingerprint density at radius 1 is 1.22 bits per heavy atom. The van der Waals surface area contributed by atoms with Crippen LogP contribution >= 0.6 is 0 Å². The summed E-state index contributed by atoms with van der Waals surface area (Å²) in [6, 6.07) is 6.86. The molecule has 36 heavy (non-hydrogen) atoms. The summed E-state index contributed by atoms with van der Waals surface area (Å²) >= 11 is 0. The molecule has 2 heterocycles. The maximum atomic E-state index is 14.1. The van der Waals surface area contributed by atoms with Crippen molar-refractivity contribution in [1.82, 2.24) is 20.1 Å². The predicted molar refractivity (Wildman–Crippen MR) is 129 cm³/mol. The van der Waals surface area contributed by atoms with Gasteiger partial charge in [0.1, 0.15) is 6.04 Å². The van der Waals surface area contributed by atoms with Crippen LogP contribution in [0.3, 0.4) is 0 Å². The molecule has 4 rings (SSSR count). The largest absolute Gasteiger partial charge is 0.353 e. The molecule has 0 saturated heterocycles. The van der Waals surface area contributed by atoms with E-state index in [4.69, 9.17) is 0 Å². The van der Waals surface area contributed by atoms with E-state index in [0.29, 0.717) is 17.1 Å². The molecular weight excluding hydrogens is 473 g/mol. The molecule has 1 aliphatic rings. The Bertz CT molecular complexity index is 1260. The zero-order valence-electron chi connectivity index (χ0n) is 19.9. The van der Waals surface area contributed by atoms with Gasteiger partial charge in [0.05, 0.1) is 23.8 Å². The number of aryl methyl sites for hydroxylation is 2. The van der Waals surface area contributed by atoms with Crippen LogP contribution in [0, 0.1) is 18.7 Å². The number of hydrogen-bond donors (Lipinski definition) is 3. The fraction of sp³-hybridized carbons (Fsp3) is 0.360. The molecule has 1 aromatic carbocycles. The van der Waals surface area contributed by atoms with Gasteiger partial charge in [0.15, 0.2) is 5.82 Å². The van der Waals surface area contributed by atoms with E-state index >= 15 is 0 Å². The van der Waals surface area contributed by atoms with Crippen molar-refractivity contribution in [1.29, 1.82) is 0 Å². The van der Waals surface area contributed by atoms with E-state index in [-0.39, 0.29) is 36.9 Å². The summed E-state index contributed by atoms with van der Waals surface area (Å²) in [7, 11) is 1.69. The van der Waals surface area contributed by atoms with E-state index in [1.807, 2.05) is 0 Å². The highest BCUT2D eigenvalue weighted by Gasteiger charge is 2.41. The number of halogens is 3. The first kappa shape index (κ1) is 25.2. The van der Waals surface area contributed by atoms with Crippen LogP contribution in [0.1, 0.15) is 41.7 Å². The van der Waals surface area contributed by atoms with Gasteiger partial charge in [0.2, 0.25) is 11.8 Å². The van der Waals surface area contributed by atoms with Crippen LogP contribution in [0.25, 0.3) is 0 Å². The number of anilines is 3. The Balaban J connectivity index is 1.49. The Morgan fingerprint density at radius 2 is 2.03 bits per heavy atom. The lowest BCUT2D eigenvalue weighted by atomic mass is 9.97. The third kappa shape index (κ3) is 6.41. The number of hydrogen-bond acceptors (Lipinski definition) is 5. The fourth-order valence-electron chi connectivity index (χ4n) is 4.30. The van der Waals surface area contributed by atoms with Crippen molar-refractivity contribution in [2.75, 3.05) is 10.6 Å². The lowest BCUT2D eigenvalue weighted by Crippen LogP contribution is -2.44. The maximum Gasteiger partial charge on any atom is 0.252 e. The fourth-order valence-corrected chi connectivity index (χ4v) is 4.30. The molecule has 2 atom stereocenters. The number of carbonyl (C=O) groups excluding carboxylic acids is 2. The molecule has 1 fully saturated rings. The highest BCUT2D eigenvalue weighted by atomic mass is 19.3. The van der Waals surface area contributed by atoms with Crippen LogP contribution in [-0.2, 0) is 11.8 Å². The second kappa shape index (κ2) is 10.4. The zero-order valence-corrected chi connectivity index (χ0v) is 19.9. The number of alkyl halides is 2. The smallest absolute Gasteiger partial charge is 0.252 e. The molecule has 3 aromatic rings. The van der Waals surface area contributed by atoms with Gasteiger partial charge in [-0.1, -0.05) is 6.07 Å². The first-order chi connectivity index (χ1) is 17.1. The van der Waals surface area contributed by atoms with Gasteiger partial charge in [-0.15, -0.1) is 0 Å². The van der Waals surface area contributed by atoms with Gasteiger partial charge in [-0.05, 0) is 49.9 Å². The number of benzene rings is 1. The highest BCUT2D eigenvalue weighted by Crippen LogP contribution is 2.40. The Hall–Kier alpha value is -3.89. The van der Waals surface area contributed by atoms with Gasteiger partial charge >= 0.3 is 0 Å². The van der Waals surface area contributed by atoms with Crippen molar-refractivity contribution in [2.45, 2.75) is 44.6 Å². The maximum absolute atomic E-state index is 14.1. The second-order valence-corrected chi connectivity index (χ2v) is 9.13. The average molecular weight is 501 g/mol. The standard InChI is InChI=1S/C25H27F3N6O2/c1-15-8-21(20(26)13-29-15)31-18-5-3-4-17(10-18)23(35)33-22(9-16-6-7-25(27,28)11-16)24(36)32-19-12-30-34(2)14-19/h3-5,8,10,12-14,16,22H,6-7,9,11H2,1-2H3,(H,29,31)(H,32,36)(H,33,35)/t16-,22-/m0/s1. The van der Waals surface area contributed by atoms with Gasteiger partial charge in [-0.2, -0.15) is 5.10 Å². The van der Waals surface area contributed by atoms with Crippen LogP contribution in [-0.4, -0.2) is 38.5 Å². The van der Waals surface area contributed by atoms with Gasteiger partial charge in [0, 0.05) is 43.0 Å². The van der Waals surface area contributed by atoms with Crippen molar-refractivity contribution in [3.8, 4) is 0 Å². The van der Waals surface area contributed by atoms with Gasteiger partial charge in [-0.3, -0.25) is 19.3 Å². The van der Waals surface area contributed by atoms with Gasteiger partial charge in [0.25, 0.3) is 5.91 Å². The van der Waals surface area contributed by atoms with Crippen LogP contribution < -0.4 is 16.0 Å². The lowest BCUT2D eigenvalue weighted by Gasteiger charge is -2.21. The lowest BCUT2D eigenvalue weighted by molar-refractivity contribution is -0.118. The molecule has 190 valence electrons. The van der Waals surface area contributed by atoms with Crippen molar-refractivity contribution in [3.63, 3.8) is 0 Å². The SMILES string of the molecule is Cc1cc(Nc2cccc(C(=O)N[C@@H](C[C@@H]3CCC(F)(F)C3)C(=O)Nc3cnn(C)c3)c2)c(F)cn1. The molecule has 0 unspecified atom stereocenters. The Morgan fingerprint density at radius 3 is 2.72 bits per heavy atom. The molecule has 8 nitrogen and oxygen atoms in total. The van der Waals surface area contributed by atoms with Crippen LogP contribution in [0.5, 0.6) is 0 Å². The Kier molecular flexibility index (Phi) is 7.27. The molecule has 1 aliphatic carbocycles. The summed E-state index contributed by atoms with van der Waals surface area (Å²) in [5.41, 5.74) is 1.93. The molecule has 3 N–H and O–H groups in total. The topological polar surface area (TPSA) is 101 Å².